The van der Waals surface area contributed by atoms with Crippen molar-refractivity contribution in [1.29, 1.82) is 0 Å². The number of thioether (sulfide) groups is 1. The van der Waals surface area contributed by atoms with E-state index in [1.807, 2.05) is 17.0 Å². The number of aliphatic hydroxyl groups excluding tert-OH is 1. The first kappa shape index (κ1) is 17.1. The minimum Gasteiger partial charge on any atom is -0.411 e. The highest BCUT2D eigenvalue weighted by atomic mass is 35.5. The third kappa shape index (κ3) is 3.46. The van der Waals surface area contributed by atoms with Gasteiger partial charge >= 0.3 is 0 Å². The largest absolute Gasteiger partial charge is 0.411 e. The lowest BCUT2D eigenvalue weighted by Gasteiger charge is -2.15. The van der Waals surface area contributed by atoms with Gasteiger partial charge in [0.15, 0.2) is 0 Å². The highest BCUT2D eigenvalue weighted by Crippen LogP contribution is 2.36. The average molecular weight is 390 g/mol. The minimum absolute atomic E-state index is 0.301. The van der Waals surface area contributed by atoms with E-state index in [2.05, 4.69) is 10.2 Å². The number of anilines is 1. The van der Waals surface area contributed by atoms with Gasteiger partial charge in [-0.2, -0.15) is 0 Å². The molecule has 0 bridgehead atoms. The molecule has 2 aromatic carbocycles. The zero-order valence-electron chi connectivity index (χ0n) is 13.3. The third-order valence-electron chi connectivity index (χ3n) is 3.86. The van der Waals surface area contributed by atoms with Crippen molar-refractivity contribution in [3.63, 3.8) is 0 Å². The molecule has 1 aliphatic rings. The number of hydrogen-bond donors (Lipinski definition) is 1. The summed E-state index contributed by atoms with van der Waals surface area (Å²) >= 11 is 7.33. The van der Waals surface area contributed by atoms with Crippen LogP contribution in [-0.4, -0.2) is 28.0 Å². The zero-order valence-corrected chi connectivity index (χ0v) is 14.9. The van der Waals surface area contributed by atoms with Crippen LogP contribution in [0.1, 0.15) is 0 Å². The summed E-state index contributed by atoms with van der Waals surface area (Å²) in [6, 6.07) is 13.3. The number of halogens is 2. The Hall–Kier alpha value is -2.35. The van der Waals surface area contributed by atoms with E-state index in [1.54, 1.807) is 30.5 Å². The molecule has 132 valence electrons. The Bertz CT molecular complexity index is 961. The molecule has 0 saturated heterocycles. The van der Waals surface area contributed by atoms with Crippen molar-refractivity contribution in [1.82, 2.24) is 10.2 Å². The predicted octanol–water partition coefficient (Wildman–Crippen LogP) is 4.34. The van der Waals surface area contributed by atoms with Crippen molar-refractivity contribution in [3.05, 3.63) is 70.5 Å². The fraction of sp³-hybridized carbons (Fsp3) is 0.111. The molecule has 0 fully saturated rings. The van der Waals surface area contributed by atoms with E-state index in [1.165, 1.54) is 23.9 Å². The molecule has 1 aliphatic heterocycles. The van der Waals surface area contributed by atoms with Crippen LogP contribution < -0.4 is 4.90 Å². The molecular formula is C18H13ClFN3O2S. The molecule has 0 saturated carbocycles. The van der Waals surface area contributed by atoms with Gasteiger partial charge in [0.2, 0.25) is 5.89 Å². The molecule has 0 spiro atoms. The number of hydrogen-bond acceptors (Lipinski definition) is 6. The zero-order chi connectivity index (χ0) is 18.1. The summed E-state index contributed by atoms with van der Waals surface area (Å²) in [7, 11) is 0. The quantitative estimate of drug-likeness (QED) is 0.716. The number of aromatic nitrogens is 2. The van der Waals surface area contributed by atoms with Gasteiger partial charge in [0.25, 0.3) is 5.22 Å². The third-order valence-corrected chi connectivity index (χ3v) is 5.14. The Morgan fingerprint density at radius 1 is 1.15 bits per heavy atom. The molecule has 26 heavy (non-hydrogen) atoms. The van der Waals surface area contributed by atoms with E-state index < -0.39 is 6.10 Å². The molecule has 2 heterocycles. The van der Waals surface area contributed by atoms with E-state index in [-0.39, 0.29) is 5.82 Å². The van der Waals surface area contributed by atoms with E-state index in [0.717, 1.165) is 5.69 Å². The fourth-order valence-corrected chi connectivity index (χ4v) is 3.58. The van der Waals surface area contributed by atoms with E-state index >= 15 is 0 Å². The van der Waals surface area contributed by atoms with Gasteiger partial charge in [0.05, 0.1) is 17.1 Å². The maximum atomic E-state index is 13.1. The van der Waals surface area contributed by atoms with Gasteiger partial charge in [-0.15, -0.1) is 10.2 Å². The minimum atomic E-state index is -0.694. The average Bonchev–Trinajstić information content (AvgIpc) is 3.24. The van der Waals surface area contributed by atoms with Crippen LogP contribution in [0.25, 0.3) is 11.5 Å². The molecule has 4 rings (SSSR count). The lowest BCUT2D eigenvalue weighted by atomic mass is 10.2. The molecule has 1 N–H and O–H groups in total. The summed E-state index contributed by atoms with van der Waals surface area (Å²) in [4.78, 5) is 2.52. The van der Waals surface area contributed by atoms with E-state index in [0.29, 0.717) is 33.1 Å². The van der Waals surface area contributed by atoms with Crippen LogP contribution in [0, 0.1) is 5.82 Å². The van der Waals surface area contributed by atoms with Gasteiger partial charge in [-0.1, -0.05) is 23.7 Å². The Labute approximate surface area is 158 Å². The van der Waals surface area contributed by atoms with Crippen molar-refractivity contribution >= 4 is 29.1 Å². The van der Waals surface area contributed by atoms with Gasteiger partial charge in [0.1, 0.15) is 11.9 Å². The first-order chi connectivity index (χ1) is 12.6. The second-order valence-corrected chi connectivity index (χ2v) is 7.06. The summed E-state index contributed by atoms with van der Waals surface area (Å²) in [5, 5.41) is 19.1. The van der Waals surface area contributed by atoms with E-state index in [4.69, 9.17) is 16.0 Å². The monoisotopic (exact) mass is 389 g/mol. The topological polar surface area (TPSA) is 62.4 Å². The van der Waals surface area contributed by atoms with Crippen LogP contribution >= 0.6 is 23.4 Å². The van der Waals surface area contributed by atoms with Crippen LogP contribution in [0.15, 0.2) is 69.3 Å². The molecule has 1 aromatic heterocycles. The smallest absolute Gasteiger partial charge is 0.281 e. The maximum absolute atomic E-state index is 13.1. The normalized spacial score (nSPS) is 16.8. The molecule has 3 aromatic rings. The molecule has 0 radical (unpaired) electrons. The van der Waals surface area contributed by atoms with Crippen molar-refractivity contribution < 1.29 is 13.9 Å². The molecular weight excluding hydrogens is 377 g/mol. The van der Waals surface area contributed by atoms with Crippen molar-refractivity contribution in [2.24, 2.45) is 0 Å². The van der Waals surface area contributed by atoms with Gasteiger partial charge < -0.3 is 14.4 Å². The fourth-order valence-electron chi connectivity index (χ4n) is 2.57. The highest BCUT2D eigenvalue weighted by molar-refractivity contribution is 8.02. The summed E-state index contributed by atoms with van der Waals surface area (Å²) in [6.45, 7) is 0.374. The molecule has 0 amide bonds. The summed E-state index contributed by atoms with van der Waals surface area (Å²) < 4.78 is 18.7. The Morgan fingerprint density at radius 3 is 2.69 bits per heavy atom. The van der Waals surface area contributed by atoms with E-state index in [9.17, 15) is 9.50 Å². The summed E-state index contributed by atoms with van der Waals surface area (Å²) in [6.07, 6.45) is 1.10. The first-order valence-electron chi connectivity index (χ1n) is 7.78. The maximum Gasteiger partial charge on any atom is 0.281 e. The standard InChI is InChI=1S/C18H13ClFN3O2S/c19-14-4-2-1-3-13(14)17-21-22-18(25-17)26-16-10-23(9-15(16)24)12-7-5-11(20)6-8-12/h1-8,10,15,24H,9H2. The highest BCUT2D eigenvalue weighted by Gasteiger charge is 2.26. The van der Waals surface area contributed by atoms with Crippen LogP contribution in [0.3, 0.4) is 0 Å². The van der Waals surface area contributed by atoms with Gasteiger partial charge in [-0.25, -0.2) is 4.39 Å². The molecule has 5 nitrogen and oxygen atoms in total. The second-order valence-electron chi connectivity index (χ2n) is 5.63. The van der Waals surface area contributed by atoms with Crippen LogP contribution in [0.5, 0.6) is 0 Å². The van der Waals surface area contributed by atoms with Crippen LogP contribution in [0.4, 0.5) is 10.1 Å². The second kappa shape index (κ2) is 7.11. The molecule has 1 atom stereocenters. The SMILES string of the molecule is OC1CN(c2ccc(F)cc2)C=C1Sc1nnc(-c2ccccc2Cl)o1. The summed E-state index contributed by atoms with van der Waals surface area (Å²) in [5.74, 6) is 0.0200. The Morgan fingerprint density at radius 2 is 1.92 bits per heavy atom. The molecule has 0 aliphatic carbocycles. The predicted molar refractivity (Wildman–Crippen MR) is 98.4 cm³/mol. The van der Waals surface area contributed by atoms with Gasteiger partial charge in [-0.3, -0.25) is 0 Å². The van der Waals surface area contributed by atoms with Gasteiger partial charge in [-0.05, 0) is 48.2 Å². The number of benzene rings is 2. The van der Waals surface area contributed by atoms with Crippen LogP contribution in [0.2, 0.25) is 5.02 Å². The Kier molecular flexibility index (Phi) is 4.67. The summed E-state index contributed by atoms with van der Waals surface area (Å²) in [5.41, 5.74) is 1.45. The Balaban J connectivity index is 1.53. The number of β-amino-alcohol motifs (C(OH)–C–C–N with tert-alkyl or cyclic N) is 1. The number of rotatable bonds is 4. The van der Waals surface area contributed by atoms with Crippen molar-refractivity contribution in [3.8, 4) is 11.5 Å². The first-order valence-corrected chi connectivity index (χ1v) is 8.98. The van der Waals surface area contributed by atoms with Crippen molar-refractivity contribution in [2.45, 2.75) is 11.3 Å². The number of aliphatic hydroxyl groups is 1. The van der Waals surface area contributed by atoms with Crippen LogP contribution in [-0.2, 0) is 0 Å². The molecule has 8 heteroatoms. The van der Waals surface area contributed by atoms with Crippen molar-refractivity contribution in [2.75, 3.05) is 11.4 Å². The lowest BCUT2D eigenvalue weighted by Crippen LogP contribution is -2.20. The molecule has 1 unspecified atom stereocenters. The lowest BCUT2D eigenvalue weighted by molar-refractivity contribution is 0.235. The van der Waals surface area contributed by atoms with Gasteiger partial charge in [0, 0.05) is 16.8 Å². The number of nitrogens with zero attached hydrogens (tertiary/aromatic N) is 3.